The summed E-state index contributed by atoms with van der Waals surface area (Å²) in [6, 6.07) is 9.18. The number of nitrogens with two attached hydrogens (primary N) is 1. The van der Waals surface area contributed by atoms with Gasteiger partial charge in [-0.1, -0.05) is 0 Å². The summed E-state index contributed by atoms with van der Waals surface area (Å²) in [5.41, 5.74) is 7.63. The predicted octanol–water partition coefficient (Wildman–Crippen LogP) is 2.72. The van der Waals surface area contributed by atoms with Gasteiger partial charge in [-0.2, -0.15) is 5.26 Å². The second-order valence-corrected chi connectivity index (χ2v) is 5.77. The molecule has 0 amide bonds. The van der Waals surface area contributed by atoms with Gasteiger partial charge in [-0.3, -0.25) is 4.79 Å². The van der Waals surface area contributed by atoms with Crippen molar-refractivity contribution >= 4 is 11.8 Å². The van der Waals surface area contributed by atoms with E-state index in [9.17, 15) is 14.0 Å². The van der Waals surface area contributed by atoms with Crippen LogP contribution >= 0.6 is 0 Å². The SMILES string of the molecule is C/C(N)=C(\C#N)C(=O)COC(=O)c1cc(C)n(-c2ccc(F)cc2)c1C. The van der Waals surface area contributed by atoms with Gasteiger partial charge in [0.2, 0.25) is 5.78 Å². The smallest absolute Gasteiger partial charge is 0.340 e. The summed E-state index contributed by atoms with van der Waals surface area (Å²) >= 11 is 0. The van der Waals surface area contributed by atoms with E-state index in [1.165, 1.54) is 19.1 Å². The van der Waals surface area contributed by atoms with Gasteiger partial charge in [0, 0.05) is 22.8 Å². The number of nitriles is 1. The van der Waals surface area contributed by atoms with Crippen LogP contribution in [0, 0.1) is 31.0 Å². The average Bonchev–Trinajstić information content (AvgIpc) is 2.88. The second kappa shape index (κ2) is 7.66. The van der Waals surface area contributed by atoms with Crippen molar-refractivity contribution in [2.45, 2.75) is 20.8 Å². The fourth-order valence-corrected chi connectivity index (χ4v) is 2.61. The maximum absolute atomic E-state index is 13.1. The van der Waals surface area contributed by atoms with E-state index in [-0.39, 0.29) is 22.7 Å². The third-order valence-electron chi connectivity index (χ3n) is 3.86. The number of Topliss-reactive ketones (excluding diaryl/α,β-unsaturated/α-hetero) is 1. The van der Waals surface area contributed by atoms with Crippen LogP contribution in [0.5, 0.6) is 0 Å². The zero-order valence-electron chi connectivity index (χ0n) is 14.7. The first-order valence-electron chi connectivity index (χ1n) is 7.78. The van der Waals surface area contributed by atoms with Crippen molar-refractivity contribution in [2.24, 2.45) is 5.73 Å². The quantitative estimate of drug-likeness (QED) is 0.505. The van der Waals surface area contributed by atoms with Gasteiger partial charge in [-0.25, -0.2) is 9.18 Å². The standard InChI is InChI=1S/C19H18FN3O3/c1-11-8-16(13(3)23(11)15-6-4-14(20)5-7-15)19(25)26-10-18(24)17(9-21)12(2)22/h4-8H,10,22H2,1-3H3/b17-12-. The Morgan fingerprint density at radius 2 is 1.88 bits per heavy atom. The van der Waals surface area contributed by atoms with Crippen LogP contribution in [-0.4, -0.2) is 22.9 Å². The molecule has 2 N–H and O–H groups in total. The molecule has 0 aliphatic carbocycles. The highest BCUT2D eigenvalue weighted by Crippen LogP contribution is 2.22. The number of aryl methyl sites for hydroxylation is 1. The van der Waals surface area contributed by atoms with Gasteiger partial charge < -0.3 is 15.0 Å². The van der Waals surface area contributed by atoms with Gasteiger partial charge in [0.05, 0.1) is 5.56 Å². The number of carbonyl (C=O) groups is 2. The molecule has 0 unspecified atom stereocenters. The van der Waals surface area contributed by atoms with Gasteiger partial charge in [-0.15, -0.1) is 0 Å². The number of hydrogen-bond acceptors (Lipinski definition) is 5. The van der Waals surface area contributed by atoms with E-state index in [4.69, 9.17) is 15.7 Å². The monoisotopic (exact) mass is 355 g/mol. The number of rotatable bonds is 5. The number of allylic oxidation sites excluding steroid dienone is 1. The van der Waals surface area contributed by atoms with Gasteiger partial charge in [-0.05, 0) is 51.1 Å². The molecule has 2 aromatic rings. The van der Waals surface area contributed by atoms with Gasteiger partial charge in [0.1, 0.15) is 17.5 Å². The Morgan fingerprint density at radius 3 is 2.42 bits per heavy atom. The van der Waals surface area contributed by atoms with E-state index in [0.29, 0.717) is 11.4 Å². The van der Waals surface area contributed by atoms with Crippen LogP contribution in [0.3, 0.4) is 0 Å². The number of aromatic nitrogens is 1. The molecule has 0 radical (unpaired) electrons. The molecule has 2 rings (SSSR count). The van der Waals surface area contributed by atoms with Crippen LogP contribution in [0.4, 0.5) is 4.39 Å². The molecular formula is C19H18FN3O3. The lowest BCUT2D eigenvalue weighted by atomic mass is 10.1. The van der Waals surface area contributed by atoms with Crippen molar-refractivity contribution in [3.63, 3.8) is 0 Å². The number of ether oxygens (including phenoxy) is 1. The van der Waals surface area contributed by atoms with E-state index in [1.54, 1.807) is 42.7 Å². The molecule has 134 valence electrons. The molecule has 6 nitrogen and oxygen atoms in total. The van der Waals surface area contributed by atoms with E-state index >= 15 is 0 Å². The lowest BCUT2D eigenvalue weighted by Crippen LogP contribution is -2.18. The fraction of sp³-hybridized carbons (Fsp3) is 0.211. The number of carbonyl (C=O) groups excluding carboxylic acids is 2. The molecule has 26 heavy (non-hydrogen) atoms. The summed E-state index contributed by atoms with van der Waals surface area (Å²) in [5, 5.41) is 8.90. The Hall–Kier alpha value is -3.40. The number of hydrogen-bond donors (Lipinski definition) is 1. The topological polar surface area (TPSA) is 98.1 Å². The minimum atomic E-state index is -0.688. The first-order valence-corrected chi connectivity index (χ1v) is 7.78. The first-order chi connectivity index (χ1) is 12.3. The minimum Gasteiger partial charge on any atom is -0.454 e. The number of nitrogens with zero attached hydrogens (tertiary/aromatic N) is 2. The summed E-state index contributed by atoms with van der Waals surface area (Å²) in [6.45, 7) is 4.37. The molecule has 0 saturated heterocycles. The third kappa shape index (κ3) is 3.81. The van der Waals surface area contributed by atoms with E-state index in [2.05, 4.69) is 0 Å². The summed E-state index contributed by atoms with van der Waals surface area (Å²) in [5.74, 6) is -1.70. The van der Waals surface area contributed by atoms with E-state index in [1.807, 2.05) is 0 Å². The van der Waals surface area contributed by atoms with Crippen LogP contribution < -0.4 is 5.73 Å². The Kier molecular flexibility index (Phi) is 5.58. The molecule has 0 bridgehead atoms. The zero-order valence-corrected chi connectivity index (χ0v) is 14.7. The number of benzene rings is 1. The van der Waals surface area contributed by atoms with Crippen molar-refractivity contribution < 1.29 is 18.7 Å². The Labute approximate surface area is 150 Å². The van der Waals surface area contributed by atoms with Crippen molar-refractivity contribution in [2.75, 3.05) is 6.61 Å². The lowest BCUT2D eigenvalue weighted by molar-refractivity contribution is -0.118. The summed E-state index contributed by atoms with van der Waals surface area (Å²) in [6.07, 6.45) is 0. The number of esters is 1. The molecule has 0 atom stereocenters. The summed E-state index contributed by atoms with van der Waals surface area (Å²) < 4.78 is 19.9. The molecule has 7 heteroatoms. The van der Waals surface area contributed by atoms with Crippen LogP contribution in [0.2, 0.25) is 0 Å². The fourth-order valence-electron chi connectivity index (χ4n) is 2.61. The molecular weight excluding hydrogens is 337 g/mol. The Bertz CT molecular complexity index is 930. The van der Waals surface area contributed by atoms with Crippen LogP contribution in [-0.2, 0) is 9.53 Å². The number of ketones is 1. The normalized spacial score (nSPS) is 11.5. The maximum Gasteiger partial charge on any atom is 0.340 e. The summed E-state index contributed by atoms with van der Waals surface area (Å²) in [4.78, 5) is 24.2. The highest BCUT2D eigenvalue weighted by molar-refractivity contribution is 6.02. The molecule has 1 heterocycles. The van der Waals surface area contributed by atoms with Crippen molar-refractivity contribution in [3.8, 4) is 11.8 Å². The third-order valence-corrected chi connectivity index (χ3v) is 3.86. The molecule has 1 aromatic heterocycles. The Morgan fingerprint density at radius 1 is 1.27 bits per heavy atom. The van der Waals surface area contributed by atoms with Crippen LogP contribution in [0.15, 0.2) is 41.6 Å². The highest BCUT2D eigenvalue weighted by atomic mass is 19.1. The van der Waals surface area contributed by atoms with E-state index in [0.717, 1.165) is 5.69 Å². The Balaban J connectivity index is 2.22. The molecule has 0 aliphatic heterocycles. The molecule has 0 saturated carbocycles. The van der Waals surface area contributed by atoms with Gasteiger partial charge in [0.25, 0.3) is 0 Å². The lowest BCUT2D eigenvalue weighted by Gasteiger charge is -2.10. The van der Waals surface area contributed by atoms with Crippen LogP contribution in [0.25, 0.3) is 5.69 Å². The first kappa shape index (κ1) is 18.9. The van der Waals surface area contributed by atoms with E-state index < -0.39 is 18.4 Å². The minimum absolute atomic E-state index is 0.0723. The van der Waals surface area contributed by atoms with Crippen molar-refractivity contribution in [3.05, 3.63) is 64.4 Å². The van der Waals surface area contributed by atoms with Gasteiger partial charge in [0.15, 0.2) is 6.61 Å². The molecule has 1 aromatic carbocycles. The van der Waals surface area contributed by atoms with Crippen molar-refractivity contribution in [1.82, 2.24) is 4.57 Å². The van der Waals surface area contributed by atoms with Crippen molar-refractivity contribution in [1.29, 1.82) is 5.26 Å². The molecule has 0 aliphatic rings. The van der Waals surface area contributed by atoms with Gasteiger partial charge >= 0.3 is 5.97 Å². The summed E-state index contributed by atoms with van der Waals surface area (Å²) in [7, 11) is 0. The highest BCUT2D eigenvalue weighted by Gasteiger charge is 2.20. The van der Waals surface area contributed by atoms with Crippen LogP contribution in [0.1, 0.15) is 28.7 Å². The largest absolute Gasteiger partial charge is 0.454 e. The molecule has 0 spiro atoms. The maximum atomic E-state index is 13.1. The second-order valence-electron chi connectivity index (χ2n) is 5.77. The number of halogens is 1. The zero-order chi connectivity index (χ0) is 19.4. The predicted molar refractivity (Wildman–Crippen MR) is 93.0 cm³/mol. The average molecular weight is 355 g/mol. The molecule has 0 fully saturated rings.